The van der Waals surface area contributed by atoms with Crippen LogP contribution in [0.15, 0.2) is 65.6 Å². The molecule has 0 atom stereocenters. The zero-order valence-electron chi connectivity index (χ0n) is 11.4. The number of anilines is 2. The van der Waals surface area contributed by atoms with Crippen LogP contribution >= 0.6 is 0 Å². The molecule has 5 nitrogen and oxygen atoms in total. The Bertz CT molecular complexity index is 937. The average molecular weight is 314 g/mol. The lowest BCUT2D eigenvalue weighted by atomic mass is 10.1. The predicted octanol–water partition coefficient (Wildman–Crippen LogP) is 3.19. The summed E-state index contributed by atoms with van der Waals surface area (Å²) in [5.74, 6) is -0.238. The van der Waals surface area contributed by atoms with Crippen molar-refractivity contribution < 1.29 is 18.1 Å². The minimum atomic E-state index is -4.62. The summed E-state index contributed by atoms with van der Waals surface area (Å²) < 4.78 is 33.4. The second-order valence-corrected chi connectivity index (χ2v) is 6.20. The fraction of sp³-hybridized carbons (Fsp3) is 0. The largest absolute Gasteiger partial charge is 0.744 e. The van der Waals surface area contributed by atoms with Crippen molar-refractivity contribution in [1.29, 1.82) is 0 Å². The number of hydrogen-bond acceptors (Lipinski definition) is 5. The van der Waals surface area contributed by atoms with Crippen molar-refractivity contribution in [3.8, 4) is 5.75 Å². The minimum Gasteiger partial charge on any atom is -0.744 e. The summed E-state index contributed by atoms with van der Waals surface area (Å²) in [4.78, 5) is -0.450. The van der Waals surface area contributed by atoms with Crippen molar-refractivity contribution in [2.45, 2.75) is 4.90 Å². The molecule has 2 N–H and O–H groups in total. The summed E-state index contributed by atoms with van der Waals surface area (Å²) in [6.07, 6.45) is 0. The Morgan fingerprint density at radius 1 is 0.909 bits per heavy atom. The molecule has 0 saturated carbocycles. The monoisotopic (exact) mass is 314 g/mol. The first-order valence-electron chi connectivity index (χ1n) is 6.48. The fourth-order valence-electron chi connectivity index (χ4n) is 2.23. The molecule has 0 heterocycles. The molecular weight excluding hydrogens is 302 g/mol. The molecule has 0 aromatic heterocycles. The van der Waals surface area contributed by atoms with Crippen LogP contribution in [-0.2, 0) is 10.1 Å². The first-order chi connectivity index (χ1) is 10.4. The number of fused-ring (bicyclic) bond motifs is 1. The molecule has 0 aliphatic rings. The molecule has 0 spiro atoms. The molecule has 0 fully saturated rings. The molecule has 0 radical (unpaired) electrons. The molecule has 6 heteroatoms. The van der Waals surface area contributed by atoms with Gasteiger partial charge in [0.15, 0.2) is 0 Å². The molecule has 3 aromatic carbocycles. The van der Waals surface area contributed by atoms with E-state index in [9.17, 15) is 18.1 Å². The number of hydrogen-bond donors (Lipinski definition) is 2. The topological polar surface area (TPSA) is 89.5 Å². The van der Waals surface area contributed by atoms with E-state index in [2.05, 4.69) is 5.32 Å². The van der Waals surface area contributed by atoms with Crippen LogP contribution in [0.2, 0.25) is 0 Å². The number of phenols is 1. The van der Waals surface area contributed by atoms with Crippen LogP contribution in [0.5, 0.6) is 5.75 Å². The van der Waals surface area contributed by atoms with Crippen LogP contribution in [0.3, 0.4) is 0 Å². The molecule has 0 bridgehead atoms. The van der Waals surface area contributed by atoms with Crippen molar-refractivity contribution in [2.24, 2.45) is 0 Å². The third-order valence-electron chi connectivity index (χ3n) is 3.26. The first kappa shape index (κ1) is 14.4. The number of aromatic hydroxyl groups is 1. The number of benzene rings is 3. The maximum absolute atomic E-state index is 11.1. The predicted molar refractivity (Wildman–Crippen MR) is 83.3 cm³/mol. The van der Waals surface area contributed by atoms with Gasteiger partial charge in [0.25, 0.3) is 0 Å². The van der Waals surface area contributed by atoms with Gasteiger partial charge in [0, 0.05) is 16.8 Å². The maximum Gasteiger partial charge on any atom is 0.124 e. The lowest BCUT2D eigenvalue weighted by molar-refractivity contribution is 0.458. The second kappa shape index (κ2) is 5.32. The van der Waals surface area contributed by atoms with Crippen molar-refractivity contribution in [1.82, 2.24) is 0 Å². The Kier molecular flexibility index (Phi) is 3.48. The highest BCUT2D eigenvalue weighted by Crippen LogP contribution is 2.31. The van der Waals surface area contributed by atoms with Crippen LogP contribution in [-0.4, -0.2) is 18.1 Å². The summed E-state index contributed by atoms with van der Waals surface area (Å²) >= 11 is 0. The van der Waals surface area contributed by atoms with Gasteiger partial charge in [-0.1, -0.05) is 18.2 Å². The Balaban J connectivity index is 2.08. The number of para-hydroxylation sites is 1. The van der Waals surface area contributed by atoms with E-state index in [0.717, 1.165) is 17.4 Å². The third-order valence-corrected chi connectivity index (χ3v) is 4.07. The summed E-state index contributed by atoms with van der Waals surface area (Å²) in [5, 5.41) is 14.0. The summed E-state index contributed by atoms with van der Waals surface area (Å²) in [6.45, 7) is 0. The Morgan fingerprint density at radius 3 is 2.32 bits per heavy atom. The quantitative estimate of drug-likeness (QED) is 0.725. The molecule has 0 aliphatic carbocycles. The van der Waals surface area contributed by atoms with Gasteiger partial charge in [0.2, 0.25) is 0 Å². The highest BCUT2D eigenvalue weighted by atomic mass is 32.2. The second-order valence-electron chi connectivity index (χ2n) is 4.82. The van der Waals surface area contributed by atoms with E-state index in [1.165, 1.54) is 6.07 Å². The molecule has 0 aliphatic heterocycles. The van der Waals surface area contributed by atoms with Crippen LogP contribution in [0, 0.1) is 0 Å². The smallest absolute Gasteiger partial charge is 0.124 e. The van der Waals surface area contributed by atoms with Gasteiger partial charge >= 0.3 is 0 Å². The SMILES string of the molecule is O=S(=O)([O-])c1cc(O)c2ccc(Nc3ccccc3)cc2c1. The van der Waals surface area contributed by atoms with E-state index in [4.69, 9.17) is 0 Å². The molecule has 22 heavy (non-hydrogen) atoms. The Labute approximate surface area is 127 Å². The van der Waals surface area contributed by atoms with Gasteiger partial charge in [0.1, 0.15) is 15.9 Å². The minimum absolute atomic E-state index is 0.238. The average Bonchev–Trinajstić information content (AvgIpc) is 2.47. The van der Waals surface area contributed by atoms with E-state index >= 15 is 0 Å². The summed E-state index contributed by atoms with van der Waals surface area (Å²) in [5.41, 5.74) is 1.59. The third kappa shape index (κ3) is 2.88. The van der Waals surface area contributed by atoms with E-state index in [0.29, 0.717) is 10.8 Å². The van der Waals surface area contributed by atoms with Gasteiger partial charge in [-0.05, 0) is 47.9 Å². The normalized spacial score (nSPS) is 11.5. The highest BCUT2D eigenvalue weighted by Gasteiger charge is 2.08. The van der Waals surface area contributed by atoms with Gasteiger partial charge in [-0.25, -0.2) is 8.42 Å². The molecule has 0 unspecified atom stereocenters. The van der Waals surface area contributed by atoms with E-state index in [-0.39, 0.29) is 5.75 Å². The lowest BCUT2D eigenvalue weighted by Gasteiger charge is -2.12. The van der Waals surface area contributed by atoms with Gasteiger partial charge in [-0.15, -0.1) is 0 Å². The number of nitrogens with one attached hydrogen (secondary N) is 1. The van der Waals surface area contributed by atoms with Crippen molar-refractivity contribution >= 4 is 32.3 Å². The lowest BCUT2D eigenvalue weighted by Crippen LogP contribution is -1.98. The van der Waals surface area contributed by atoms with Gasteiger partial charge in [-0.2, -0.15) is 0 Å². The Hall–Kier alpha value is -2.57. The van der Waals surface area contributed by atoms with Crippen LogP contribution in [0.4, 0.5) is 11.4 Å². The maximum atomic E-state index is 11.1. The van der Waals surface area contributed by atoms with Crippen molar-refractivity contribution in [3.05, 3.63) is 60.7 Å². The van der Waals surface area contributed by atoms with E-state index < -0.39 is 15.0 Å². The molecule has 3 rings (SSSR count). The van der Waals surface area contributed by atoms with Gasteiger partial charge < -0.3 is 15.0 Å². The van der Waals surface area contributed by atoms with Gasteiger partial charge in [-0.3, -0.25) is 0 Å². The Morgan fingerprint density at radius 2 is 1.64 bits per heavy atom. The zero-order chi connectivity index (χ0) is 15.7. The summed E-state index contributed by atoms with van der Waals surface area (Å²) in [6, 6.07) is 16.8. The summed E-state index contributed by atoms with van der Waals surface area (Å²) in [7, 11) is -4.62. The zero-order valence-corrected chi connectivity index (χ0v) is 12.2. The first-order valence-corrected chi connectivity index (χ1v) is 7.89. The fourth-order valence-corrected chi connectivity index (χ4v) is 2.76. The van der Waals surface area contributed by atoms with E-state index in [1.54, 1.807) is 18.2 Å². The molecular formula is C16H12NO4S-. The highest BCUT2D eigenvalue weighted by molar-refractivity contribution is 7.85. The molecule has 3 aromatic rings. The molecule has 112 valence electrons. The molecule has 0 amide bonds. The molecule has 0 saturated heterocycles. The van der Waals surface area contributed by atoms with Crippen LogP contribution in [0.25, 0.3) is 10.8 Å². The standard InChI is InChI=1S/C16H13NO4S/c18-16-10-14(22(19,20)21)9-11-8-13(6-7-15(11)16)17-12-4-2-1-3-5-12/h1-10,17-18H,(H,19,20,21)/p-1. The van der Waals surface area contributed by atoms with Gasteiger partial charge in [0.05, 0.1) is 4.90 Å². The van der Waals surface area contributed by atoms with Crippen LogP contribution < -0.4 is 5.32 Å². The van der Waals surface area contributed by atoms with E-state index in [1.807, 2.05) is 30.3 Å². The van der Waals surface area contributed by atoms with Crippen molar-refractivity contribution in [3.63, 3.8) is 0 Å². The van der Waals surface area contributed by atoms with Crippen LogP contribution in [0.1, 0.15) is 0 Å². The number of rotatable bonds is 3. The van der Waals surface area contributed by atoms with Crippen molar-refractivity contribution in [2.75, 3.05) is 5.32 Å². The number of phenolic OH excluding ortho intramolecular Hbond substituents is 1.